The molecule has 0 aliphatic heterocycles. The number of aromatic nitrogens is 1. The van der Waals surface area contributed by atoms with Gasteiger partial charge in [0.15, 0.2) is 0 Å². The minimum absolute atomic E-state index is 0.409. The maximum absolute atomic E-state index is 10.9. The Morgan fingerprint density at radius 1 is 1.26 bits per heavy atom. The first-order valence-electron chi connectivity index (χ1n) is 7.54. The molecule has 0 fully saturated rings. The summed E-state index contributed by atoms with van der Waals surface area (Å²) in [5, 5.41) is 5.86. The van der Waals surface area contributed by atoms with Crippen LogP contribution in [0, 0.1) is 0 Å². The molecule has 0 radical (unpaired) electrons. The van der Waals surface area contributed by atoms with Gasteiger partial charge in [0.25, 0.3) is 0 Å². The zero-order chi connectivity index (χ0) is 16.8. The molecule has 2 rings (SSSR count). The monoisotopic (exact) mass is 313 g/mol. The molecular weight excluding hydrogens is 290 g/mol. The zero-order valence-electron chi connectivity index (χ0n) is 13.7. The Labute approximate surface area is 136 Å². The number of anilines is 3. The molecule has 4 N–H and O–H groups in total. The first kappa shape index (κ1) is 16.6. The van der Waals surface area contributed by atoms with Crippen LogP contribution in [0.15, 0.2) is 42.6 Å². The Morgan fingerprint density at radius 3 is 2.61 bits per heavy atom. The van der Waals surface area contributed by atoms with E-state index in [4.69, 9.17) is 5.73 Å². The van der Waals surface area contributed by atoms with Crippen LogP contribution in [-0.2, 0) is 6.54 Å². The number of nitrogens with two attached hydrogens (primary N) is 1. The van der Waals surface area contributed by atoms with E-state index in [9.17, 15) is 4.79 Å². The number of primary amides is 1. The molecule has 2 amide bonds. The van der Waals surface area contributed by atoms with Gasteiger partial charge in [-0.1, -0.05) is 12.1 Å². The molecule has 0 aliphatic rings. The maximum Gasteiger partial charge on any atom is 0.316 e. The lowest BCUT2D eigenvalue weighted by molar-refractivity contribution is 0.259. The van der Waals surface area contributed by atoms with Crippen molar-refractivity contribution < 1.29 is 4.79 Å². The van der Waals surface area contributed by atoms with Gasteiger partial charge in [-0.2, -0.15) is 0 Å². The highest BCUT2D eigenvalue weighted by molar-refractivity contribution is 5.88. The highest BCUT2D eigenvalue weighted by atomic mass is 16.2. The number of hydrogen-bond acceptors (Lipinski definition) is 4. The number of carbonyl (C=O) groups excluding carboxylic acids is 1. The normalized spacial score (nSPS) is 10.4. The third-order valence-electron chi connectivity index (χ3n) is 3.57. The number of nitrogens with one attached hydrogen (secondary N) is 2. The second-order valence-electron chi connectivity index (χ2n) is 5.65. The van der Waals surface area contributed by atoms with E-state index in [0.29, 0.717) is 18.3 Å². The van der Waals surface area contributed by atoms with E-state index in [1.54, 1.807) is 6.07 Å². The number of nitrogens with zero attached hydrogens (tertiary/aromatic N) is 2. The van der Waals surface area contributed by atoms with Crippen molar-refractivity contribution in [1.82, 2.24) is 4.98 Å². The number of urea groups is 1. The first-order chi connectivity index (χ1) is 11.0. The summed E-state index contributed by atoms with van der Waals surface area (Å²) in [4.78, 5) is 17.5. The molecule has 6 heteroatoms. The van der Waals surface area contributed by atoms with Gasteiger partial charge >= 0.3 is 6.03 Å². The van der Waals surface area contributed by atoms with E-state index in [1.165, 1.54) is 0 Å². The summed E-state index contributed by atoms with van der Waals surface area (Å²) < 4.78 is 0. The highest BCUT2D eigenvalue weighted by Gasteiger charge is 2.06. The van der Waals surface area contributed by atoms with Crippen molar-refractivity contribution in [2.24, 2.45) is 5.73 Å². The van der Waals surface area contributed by atoms with Crippen molar-refractivity contribution in [2.45, 2.75) is 26.4 Å². The summed E-state index contributed by atoms with van der Waals surface area (Å²) in [6, 6.07) is 11.3. The third-order valence-corrected chi connectivity index (χ3v) is 3.57. The van der Waals surface area contributed by atoms with Crippen LogP contribution >= 0.6 is 0 Å². The summed E-state index contributed by atoms with van der Waals surface area (Å²) in [6.45, 7) is 4.91. The topological polar surface area (TPSA) is 83.3 Å². The summed E-state index contributed by atoms with van der Waals surface area (Å²) in [5.41, 5.74) is 7.76. The first-order valence-corrected chi connectivity index (χ1v) is 7.54. The number of amides is 2. The Kier molecular flexibility index (Phi) is 5.41. The summed E-state index contributed by atoms with van der Waals surface area (Å²) in [7, 11) is 2.03. The molecular formula is C17H23N5O. The molecule has 0 atom stereocenters. The molecule has 6 nitrogen and oxygen atoms in total. The van der Waals surface area contributed by atoms with Gasteiger partial charge < -0.3 is 21.3 Å². The Hall–Kier alpha value is -2.76. The average Bonchev–Trinajstić information content (AvgIpc) is 2.52. The van der Waals surface area contributed by atoms with Crippen LogP contribution in [0.1, 0.15) is 19.4 Å². The molecule has 1 heterocycles. The molecule has 0 saturated heterocycles. The molecule has 0 spiro atoms. The molecule has 122 valence electrons. The molecule has 1 aromatic heterocycles. The van der Waals surface area contributed by atoms with E-state index in [0.717, 1.165) is 17.1 Å². The Morgan fingerprint density at radius 2 is 2.00 bits per heavy atom. The SMILES string of the molecule is CC(C)N(C)c1ccc(CNc2cccc(NC(N)=O)c2)cn1. The van der Waals surface area contributed by atoms with Crippen LogP contribution in [0.4, 0.5) is 22.0 Å². The van der Waals surface area contributed by atoms with Crippen LogP contribution < -0.4 is 21.3 Å². The number of benzene rings is 1. The van der Waals surface area contributed by atoms with E-state index < -0.39 is 6.03 Å². The maximum atomic E-state index is 10.9. The second-order valence-corrected chi connectivity index (χ2v) is 5.65. The fourth-order valence-corrected chi connectivity index (χ4v) is 2.05. The quantitative estimate of drug-likeness (QED) is 0.765. The van der Waals surface area contributed by atoms with E-state index >= 15 is 0 Å². The van der Waals surface area contributed by atoms with Gasteiger partial charge in [0.1, 0.15) is 5.82 Å². The Balaban J connectivity index is 1.97. The van der Waals surface area contributed by atoms with Crippen LogP contribution in [0.2, 0.25) is 0 Å². The number of pyridine rings is 1. The smallest absolute Gasteiger partial charge is 0.316 e. The summed E-state index contributed by atoms with van der Waals surface area (Å²) >= 11 is 0. The van der Waals surface area contributed by atoms with E-state index in [2.05, 4.69) is 40.4 Å². The standard InChI is InChI=1S/C17H23N5O/c1-12(2)22(3)16-8-7-13(11-20-16)10-19-14-5-4-6-15(9-14)21-17(18)23/h4-9,11-12,19H,10H2,1-3H3,(H3,18,21,23). The highest BCUT2D eigenvalue weighted by Crippen LogP contribution is 2.17. The van der Waals surface area contributed by atoms with Crippen molar-refractivity contribution in [3.8, 4) is 0 Å². The number of rotatable bonds is 6. The van der Waals surface area contributed by atoms with Gasteiger partial charge in [0.05, 0.1) is 0 Å². The molecule has 2 aromatic rings. The lowest BCUT2D eigenvalue weighted by Gasteiger charge is -2.22. The molecule has 0 saturated carbocycles. The van der Waals surface area contributed by atoms with Crippen LogP contribution in [0.25, 0.3) is 0 Å². The molecule has 23 heavy (non-hydrogen) atoms. The fourth-order valence-electron chi connectivity index (χ4n) is 2.05. The molecule has 0 bridgehead atoms. The summed E-state index contributed by atoms with van der Waals surface area (Å²) in [6.07, 6.45) is 1.87. The second kappa shape index (κ2) is 7.49. The lowest BCUT2D eigenvalue weighted by Crippen LogP contribution is -2.26. The van der Waals surface area contributed by atoms with Gasteiger partial charge in [-0.3, -0.25) is 0 Å². The van der Waals surface area contributed by atoms with E-state index in [1.807, 2.05) is 37.5 Å². The fraction of sp³-hybridized carbons (Fsp3) is 0.294. The molecule has 0 unspecified atom stereocenters. The van der Waals surface area contributed by atoms with Gasteiger partial charge in [-0.25, -0.2) is 9.78 Å². The van der Waals surface area contributed by atoms with Gasteiger partial charge in [0.2, 0.25) is 0 Å². The minimum Gasteiger partial charge on any atom is -0.381 e. The van der Waals surface area contributed by atoms with Crippen molar-refractivity contribution >= 4 is 23.2 Å². The van der Waals surface area contributed by atoms with E-state index in [-0.39, 0.29) is 0 Å². The number of carbonyl (C=O) groups is 1. The van der Waals surface area contributed by atoms with Crippen molar-refractivity contribution in [1.29, 1.82) is 0 Å². The lowest BCUT2D eigenvalue weighted by atomic mass is 10.2. The van der Waals surface area contributed by atoms with Crippen LogP contribution in [0.5, 0.6) is 0 Å². The van der Waals surface area contributed by atoms with Crippen molar-refractivity contribution in [3.05, 3.63) is 48.2 Å². The molecule has 0 aliphatic carbocycles. The largest absolute Gasteiger partial charge is 0.381 e. The van der Waals surface area contributed by atoms with Crippen molar-refractivity contribution in [2.75, 3.05) is 22.6 Å². The summed E-state index contributed by atoms with van der Waals surface area (Å²) in [5.74, 6) is 0.955. The predicted molar refractivity (Wildman–Crippen MR) is 94.8 cm³/mol. The van der Waals surface area contributed by atoms with Gasteiger partial charge in [-0.05, 0) is 43.7 Å². The average molecular weight is 313 g/mol. The predicted octanol–water partition coefficient (Wildman–Crippen LogP) is 3.03. The van der Waals surface area contributed by atoms with Crippen LogP contribution in [-0.4, -0.2) is 24.1 Å². The van der Waals surface area contributed by atoms with Gasteiger partial charge in [-0.15, -0.1) is 0 Å². The van der Waals surface area contributed by atoms with Gasteiger partial charge in [0, 0.05) is 37.2 Å². The molecule has 1 aromatic carbocycles. The zero-order valence-corrected chi connectivity index (χ0v) is 13.7. The number of hydrogen-bond donors (Lipinski definition) is 3. The Bertz CT molecular complexity index is 654. The van der Waals surface area contributed by atoms with Crippen LogP contribution in [0.3, 0.4) is 0 Å². The third kappa shape index (κ3) is 4.88. The minimum atomic E-state index is -0.573. The van der Waals surface area contributed by atoms with Crippen molar-refractivity contribution in [3.63, 3.8) is 0 Å².